The van der Waals surface area contributed by atoms with E-state index in [2.05, 4.69) is 5.32 Å². The second kappa shape index (κ2) is 4.71. The molecule has 3 aliphatic rings. The van der Waals surface area contributed by atoms with Crippen LogP contribution >= 0.6 is 0 Å². The number of fused-ring (bicyclic) bond motifs is 2. The van der Waals surface area contributed by atoms with Crippen LogP contribution in [0.4, 0.5) is 8.78 Å². The fraction of sp³-hybridized carbons (Fsp3) is 1.00. The van der Waals surface area contributed by atoms with Gasteiger partial charge in [-0.2, -0.15) is 0 Å². The third kappa shape index (κ3) is 2.42. The lowest BCUT2D eigenvalue weighted by Crippen LogP contribution is -2.40. The zero-order chi connectivity index (χ0) is 12.8. The molecule has 2 bridgehead atoms. The molecule has 3 rings (SSSR count). The maximum Gasteiger partial charge on any atom is 0.248 e. The second-order valence-electron chi connectivity index (χ2n) is 6.37. The van der Waals surface area contributed by atoms with Crippen molar-refractivity contribution >= 4 is 0 Å². The second-order valence-corrected chi connectivity index (χ2v) is 6.37. The molecule has 5 unspecified atom stereocenters. The number of nitrogens with one attached hydrogen (secondary N) is 1. The molecule has 2 heterocycles. The normalized spacial score (nSPS) is 43.5. The summed E-state index contributed by atoms with van der Waals surface area (Å²) in [6.07, 6.45) is 6.06. The molecule has 0 aromatic heterocycles. The van der Waals surface area contributed by atoms with E-state index in [1.165, 1.54) is 6.42 Å². The van der Waals surface area contributed by atoms with Crippen molar-refractivity contribution in [3.63, 3.8) is 0 Å². The monoisotopic (exact) mass is 259 g/mol. The third-order valence-corrected chi connectivity index (χ3v) is 5.13. The first-order valence-corrected chi connectivity index (χ1v) is 7.28. The van der Waals surface area contributed by atoms with Crippen molar-refractivity contribution in [1.29, 1.82) is 0 Å². The zero-order valence-corrected chi connectivity index (χ0v) is 11.0. The van der Waals surface area contributed by atoms with E-state index in [1.54, 1.807) is 0 Å². The summed E-state index contributed by atoms with van der Waals surface area (Å²) in [7, 11) is 1.96. The van der Waals surface area contributed by atoms with E-state index in [9.17, 15) is 8.78 Å². The molecule has 2 saturated heterocycles. The van der Waals surface area contributed by atoms with Gasteiger partial charge in [0.15, 0.2) is 0 Å². The molecular formula is C14H23F2NO. The van der Waals surface area contributed by atoms with Gasteiger partial charge < -0.3 is 10.1 Å². The highest BCUT2D eigenvalue weighted by Gasteiger charge is 2.46. The van der Waals surface area contributed by atoms with Crippen LogP contribution in [-0.4, -0.2) is 31.2 Å². The van der Waals surface area contributed by atoms with Crippen LogP contribution in [0, 0.1) is 11.8 Å². The fourth-order valence-corrected chi connectivity index (χ4v) is 4.21. The van der Waals surface area contributed by atoms with Gasteiger partial charge >= 0.3 is 0 Å². The van der Waals surface area contributed by atoms with Crippen LogP contribution in [0.25, 0.3) is 0 Å². The Bertz CT molecular complexity index is 310. The zero-order valence-electron chi connectivity index (χ0n) is 11.0. The standard InChI is InChI=1S/C14H23F2NO/c1-17-12(6-9-4-5-14(15,16)8-9)11-7-10-2-3-13(11)18-10/h9-13,17H,2-8H2,1H3. The Hall–Kier alpha value is -0.220. The van der Waals surface area contributed by atoms with Crippen LogP contribution in [0.3, 0.4) is 0 Å². The quantitative estimate of drug-likeness (QED) is 0.838. The summed E-state index contributed by atoms with van der Waals surface area (Å²) >= 11 is 0. The van der Waals surface area contributed by atoms with Gasteiger partial charge in [-0.05, 0) is 45.1 Å². The Morgan fingerprint density at radius 2 is 2.17 bits per heavy atom. The van der Waals surface area contributed by atoms with Crippen molar-refractivity contribution in [2.75, 3.05) is 7.05 Å². The van der Waals surface area contributed by atoms with Crippen molar-refractivity contribution in [2.24, 2.45) is 11.8 Å². The van der Waals surface area contributed by atoms with Crippen LogP contribution < -0.4 is 5.32 Å². The highest BCUT2D eigenvalue weighted by molar-refractivity contribution is 4.96. The van der Waals surface area contributed by atoms with Gasteiger partial charge in [0.1, 0.15) is 0 Å². The highest BCUT2D eigenvalue weighted by Crippen LogP contribution is 2.45. The van der Waals surface area contributed by atoms with E-state index in [4.69, 9.17) is 4.74 Å². The summed E-state index contributed by atoms with van der Waals surface area (Å²) in [5.74, 6) is -1.67. The molecule has 5 atom stereocenters. The molecule has 1 N–H and O–H groups in total. The van der Waals surface area contributed by atoms with Gasteiger partial charge in [-0.3, -0.25) is 0 Å². The number of hydrogen-bond donors (Lipinski definition) is 1. The topological polar surface area (TPSA) is 21.3 Å². The molecule has 0 aromatic carbocycles. The first-order chi connectivity index (χ1) is 8.57. The Morgan fingerprint density at radius 3 is 2.67 bits per heavy atom. The van der Waals surface area contributed by atoms with E-state index in [0.29, 0.717) is 30.6 Å². The fourth-order valence-electron chi connectivity index (χ4n) is 4.21. The summed E-state index contributed by atoms with van der Waals surface area (Å²) in [4.78, 5) is 0. The maximum absolute atomic E-state index is 13.2. The lowest BCUT2D eigenvalue weighted by atomic mass is 9.80. The van der Waals surface area contributed by atoms with E-state index in [0.717, 1.165) is 19.3 Å². The number of ether oxygens (including phenoxy) is 1. The molecule has 4 heteroatoms. The van der Waals surface area contributed by atoms with Crippen molar-refractivity contribution in [1.82, 2.24) is 5.32 Å². The van der Waals surface area contributed by atoms with Crippen LogP contribution in [0.2, 0.25) is 0 Å². The van der Waals surface area contributed by atoms with E-state index in [-0.39, 0.29) is 18.8 Å². The molecule has 2 aliphatic heterocycles. The van der Waals surface area contributed by atoms with Crippen molar-refractivity contribution < 1.29 is 13.5 Å². The van der Waals surface area contributed by atoms with Crippen LogP contribution in [0.1, 0.15) is 44.9 Å². The molecule has 1 saturated carbocycles. The molecule has 0 radical (unpaired) electrons. The average molecular weight is 259 g/mol. The minimum atomic E-state index is -2.41. The van der Waals surface area contributed by atoms with Gasteiger partial charge in [0.05, 0.1) is 12.2 Å². The summed E-state index contributed by atoms with van der Waals surface area (Å²) in [5.41, 5.74) is 0. The molecule has 1 aliphatic carbocycles. The lowest BCUT2D eigenvalue weighted by molar-refractivity contribution is 0.00379. The molecule has 3 fully saturated rings. The van der Waals surface area contributed by atoms with Crippen LogP contribution in [0.15, 0.2) is 0 Å². The lowest BCUT2D eigenvalue weighted by Gasteiger charge is -2.30. The predicted molar refractivity (Wildman–Crippen MR) is 65.8 cm³/mol. The van der Waals surface area contributed by atoms with E-state index >= 15 is 0 Å². The molecule has 0 amide bonds. The van der Waals surface area contributed by atoms with Gasteiger partial charge in [-0.25, -0.2) is 8.78 Å². The predicted octanol–water partition coefficient (Wildman–Crippen LogP) is 2.97. The highest BCUT2D eigenvalue weighted by atomic mass is 19.3. The van der Waals surface area contributed by atoms with Crippen LogP contribution in [0.5, 0.6) is 0 Å². The first-order valence-electron chi connectivity index (χ1n) is 7.28. The largest absolute Gasteiger partial charge is 0.375 e. The van der Waals surface area contributed by atoms with Crippen molar-refractivity contribution in [3.8, 4) is 0 Å². The minimum absolute atomic E-state index is 0.0846. The smallest absolute Gasteiger partial charge is 0.248 e. The van der Waals surface area contributed by atoms with Gasteiger partial charge in [0, 0.05) is 24.8 Å². The average Bonchev–Trinajstić information content (AvgIpc) is 3.01. The number of alkyl halides is 2. The third-order valence-electron chi connectivity index (χ3n) is 5.13. The van der Waals surface area contributed by atoms with Crippen molar-refractivity contribution in [3.05, 3.63) is 0 Å². The molecule has 0 aromatic rings. The Labute approximate surface area is 107 Å². The van der Waals surface area contributed by atoms with Gasteiger partial charge in [0.2, 0.25) is 5.92 Å². The Morgan fingerprint density at radius 1 is 1.33 bits per heavy atom. The van der Waals surface area contributed by atoms with Gasteiger partial charge in [-0.1, -0.05) is 0 Å². The van der Waals surface area contributed by atoms with Gasteiger partial charge in [-0.15, -0.1) is 0 Å². The summed E-state index contributed by atoms with van der Waals surface area (Å²) in [6.45, 7) is 0. The summed E-state index contributed by atoms with van der Waals surface area (Å²) < 4.78 is 32.3. The molecular weight excluding hydrogens is 236 g/mol. The molecule has 0 spiro atoms. The maximum atomic E-state index is 13.2. The molecule has 104 valence electrons. The Kier molecular flexibility index (Phi) is 3.35. The number of halogens is 2. The molecule has 18 heavy (non-hydrogen) atoms. The van der Waals surface area contributed by atoms with E-state index < -0.39 is 5.92 Å². The van der Waals surface area contributed by atoms with E-state index in [1.807, 2.05) is 7.05 Å². The van der Waals surface area contributed by atoms with Crippen LogP contribution in [-0.2, 0) is 4.74 Å². The molecule has 2 nitrogen and oxygen atoms in total. The summed E-state index contributed by atoms with van der Waals surface area (Å²) in [6, 6.07) is 0.360. The first kappa shape index (κ1) is 12.8. The SMILES string of the molecule is CNC(CC1CCC(F)(F)C1)C1CC2CCC1O2. The minimum Gasteiger partial charge on any atom is -0.375 e. The number of rotatable bonds is 4. The van der Waals surface area contributed by atoms with Crippen molar-refractivity contribution in [2.45, 2.75) is 69.1 Å². The van der Waals surface area contributed by atoms with Gasteiger partial charge in [0.25, 0.3) is 0 Å². The Balaban J connectivity index is 1.57. The number of hydrogen-bond acceptors (Lipinski definition) is 2. The summed E-state index contributed by atoms with van der Waals surface area (Å²) in [5, 5.41) is 3.36.